The Bertz CT molecular complexity index is 478. The average molecular weight is 322 g/mol. The van der Waals surface area contributed by atoms with Gasteiger partial charge in [0.05, 0.1) is 5.69 Å². The summed E-state index contributed by atoms with van der Waals surface area (Å²) in [6.07, 6.45) is 9.39. The van der Waals surface area contributed by atoms with Gasteiger partial charge < -0.3 is 15.5 Å². The lowest BCUT2D eigenvalue weighted by Crippen LogP contribution is -2.43. The van der Waals surface area contributed by atoms with Crippen LogP contribution in [0.15, 0.2) is 5.38 Å². The Morgan fingerprint density at radius 2 is 2.00 bits per heavy atom. The molecule has 1 aromatic rings. The van der Waals surface area contributed by atoms with Crippen molar-refractivity contribution < 1.29 is 4.79 Å². The van der Waals surface area contributed by atoms with Crippen molar-refractivity contribution in [3.63, 3.8) is 0 Å². The lowest BCUT2D eigenvalue weighted by Gasteiger charge is -2.22. The number of carbonyl (C=O) groups is 1. The fraction of sp³-hybridized carbons (Fsp3) is 0.750. The van der Waals surface area contributed by atoms with Gasteiger partial charge in [-0.05, 0) is 25.7 Å². The number of hydrogen-bond acceptors (Lipinski definition) is 4. The largest absolute Gasteiger partial charge is 0.348 e. The second-order valence-electron chi connectivity index (χ2n) is 6.30. The SMILES string of the molecule is O=C(NCCc1csc(N2CCCC2)n1)NC1CCCCC1. The quantitative estimate of drug-likeness (QED) is 0.876. The first-order chi connectivity index (χ1) is 10.8. The van der Waals surface area contributed by atoms with E-state index in [4.69, 9.17) is 0 Å². The third kappa shape index (κ3) is 4.35. The molecule has 1 aliphatic carbocycles. The fourth-order valence-corrected chi connectivity index (χ4v) is 4.17. The van der Waals surface area contributed by atoms with Crippen molar-refractivity contribution in [3.05, 3.63) is 11.1 Å². The highest BCUT2D eigenvalue weighted by atomic mass is 32.1. The summed E-state index contributed by atoms with van der Waals surface area (Å²) >= 11 is 1.72. The lowest BCUT2D eigenvalue weighted by molar-refractivity contribution is 0.233. The molecule has 0 atom stereocenters. The summed E-state index contributed by atoms with van der Waals surface area (Å²) in [6, 6.07) is 0.344. The molecule has 1 saturated carbocycles. The third-order valence-corrected chi connectivity index (χ3v) is 5.47. The maximum Gasteiger partial charge on any atom is 0.315 e. The van der Waals surface area contributed by atoms with Crippen LogP contribution in [0.25, 0.3) is 0 Å². The highest BCUT2D eigenvalue weighted by Gasteiger charge is 2.16. The van der Waals surface area contributed by atoms with Crippen molar-refractivity contribution >= 4 is 22.5 Å². The molecule has 0 unspecified atom stereocenters. The lowest BCUT2D eigenvalue weighted by atomic mass is 9.96. The van der Waals surface area contributed by atoms with Crippen LogP contribution in [0.1, 0.15) is 50.6 Å². The minimum Gasteiger partial charge on any atom is -0.348 e. The second-order valence-corrected chi connectivity index (χ2v) is 7.14. The van der Waals surface area contributed by atoms with E-state index in [1.165, 1.54) is 32.1 Å². The Morgan fingerprint density at radius 1 is 1.23 bits per heavy atom. The number of nitrogens with one attached hydrogen (secondary N) is 2. The highest BCUT2D eigenvalue weighted by molar-refractivity contribution is 7.13. The van der Waals surface area contributed by atoms with Gasteiger partial charge in [-0.3, -0.25) is 0 Å². The van der Waals surface area contributed by atoms with Gasteiger partial charge in [0.1, 0.15) is 0 Å². The van der Waals surface area contributed by atoms with Gasteiger partial charge in [0, 0.05) is 37.5 Å². The first kappa shape index (κ1) is 15.6. The van der Waals surface area contributed by atoms with Gasteiger partial charge in [0.25, 0.3) is 0 Å². The molecule has 1 aliphatic heterocycles. The van der Waals surface area contributed by atoms with E-state index >= 15 is 0 Å². The van der Waals surface area contributed by atoms with Crippen molar-refractivity contribution in [2.75, 3.05) is 24.5 Å². The van der Waals surface area contributed by atoms with E-state index in [0.29, 0.717) is 12.6 Å². The summed E-state index contributed by atoms with van der Waals surface area (Å²) in [7, 11) is 0. The van der Waals surface area contributed by atoms with Gasteiger partial charge in [0.2, 0.25) is 0 Å². The van der Waals surface area contributed by atoms with E-state index in [0.717, 1.165) is 43.2 Å². The van der Waals surface area contributed by atoms with Crippen LogP contribution in [0.4, 0.5) is 9.93 Å². The molecule has 0 spiro atoms. The number of thiazole rings is 1. The second kappa shape index (κ2) is 7.81. The van der Waals surface area contributed by atoms with E-state index in [1.807, 2.05) is 0 Å². The zero-order valence-corrected chi connectivity index (χ0v) is 14.0. The zero-order chi connectivity index (χ0) is 15.2. The molecule has 0 bridgehead atoms. The Kier molecular flexibility index (Phi) is 5.53. The molecule has 2 aliphatic rings. The maximum absolute atomic E-state index is 11.9. The number of rotatable bonds is 5. The molecule has 122 valence electrons. The van der Waals surface area contributed by atoms with Gasteiger partial charge in [0.15, 0.2) is 5.13 Å². The fourth-order valence-electron chi connectivity index (χ4n) is 3.25. The van der Waals surface area contributed by atoms with Gasteiger partial charge in [-0.15, -0.1) is 11.3 Å². The van der Waals surface area contributed by atoms with Crippen LogP contribution >= 0.6 is 11.3 Å². The summed E-state index contributed by atoms with van der Waals surface area (Å²) in [5.41, 5.74) is 1.09. The van der Waals surface area contributed by atoms with Gasteiger partial charge in [-0.2, -0.15) is 0 Å². The molecule has 2 amide bonds. The Hall–Kier alpha value is -1.30. The number of hydrogen-bond donors (Lipinski definition) is 2. The molecule has 5 nitrogen and oxygen atoms in total. The van der Waals surface area contributed by atoms with Crippen LogP contribution in [-0.4, -0.2) is 36.7 Å². The molecule has 3 rings (SSSR count). The smallest absolute Gasteiger partial charge is 0.315 e. The molecule has 2 fully saturated rings. The molecule has 0 aromatic carbocycles. The van der Waals surface area contributed by atoms with Crippen molar-refractivity contribution in [2.45, 2.75) is 57.4 Å². The molecular weight excluding hydrogens is 296 g/mol. The van der Waals surface area contributed by atoms with E-state index < -0.39 is 0 Å². The Balaban J connectivity index is 1.36. The van der Waals surface area contributed by atoms with Crippen LogP contribution in [0.3, 0.4) is 0 Å². The van der Waals surface area contributed by atoms with E-state index in [-0.39, 0.29) is 6.03 Å². The summed E-state index contributed by atoms with van der Waals surface area (Å²) in [5.74, 6) is 0. The number of nitrogens with zero attached hydrogens (tertiary/aromatic N) is 2. The summed E-state index contributed by atoms with van der Waals surface area (Å²) in [6.45, 7) is 2.92. The van der Waals surface area contributed by atoms with Crippen LogP contribution in [-0.2, 0) is 6.42 Å². The van der Waals surface area contributed by atoms with E-state index in [1.54, 1.807) is 11.3 Å². The zero-order valence-electron chi connectivity index (χ0n) is 13.1. The van der Waals surface area contributed by atoms with Crippen LogP contribution in [0.5, 0.6) is 0 Å². The molecule has 1 saturated heterocycles. The predicted molar refractivity (Wildman–Crippen MR) is 90.7 cm³/mol. The molecule has 0 radical (unpaired) electrons. The van der Waals surface area contributed by atoms with Crippen molar-refractivity contribution in [3.8, 4) is 0 Å². The molecule has 2 N–H and O–H groups in total. The highest BCUT2D eigenvalue weighted by Crippen LogP contribution is 2.24. The van der Waals surface area contributed by atoms with Gasteiger partial charge in [-0.1, -0.05) is 19.3 Å². The third-order valence-electron chi connectivity index (χ3n) is 4.52. The molecule has 22 heavy (non-hydrogen) atoms. The van der Waals surface area contributed by atoms with E-state index in [9.17, 15) is 4.79 Å². The monoisotopic (exact) mass is 322 g/mol. The van der Waals surface area contributed by atoms with Gasteiger partial charge in [-0.25, -0.2) is 9.78 Å². The van der Waals surface area contributed by atoms with Gasteiger partial charge >= 0.3 is 6.03 Å². The number of amides is 2. The molecular formula is C16H26N4OS. The standard InChI is InChI=1S/C16H26N4OS/c21-15(18-13-6-2-1-3-7-13)17-9-8-14-12-22-16(19-14)20-10-4-5-11-20/h12-13H,1-11H2,(H2,17,18,21). The normalized spacial score (nSPS) is 19.4. The molecule has 2 heterocycles. The average Bonchev–Trinajstić information content (AvgIpc) is 3.19. The van der Waals surface area contributed by atoms with E-state index in [2.05, 4.69) is 25.9 Å². The first-order valence-electron chi connectivity index (χ1n) is 8.55. The Morgan fingerprint density at radius 3 is 2.77 bits per heavy atom. The van der Waals surface area contributed by atoms with Crippen molar-refractivity contribution in [2.24, 2.45) is 0 Å². The van der Waals surface area contributed by atoms with Crippen LogP contribution in [0, 0.1) is 0 Å². The molecule has 6 heteroatoms. The minimum atomic E-state index is -0.0260. The minimum absolute atomic E-state index is 0.0260. The number of aromatic nitrogens is 1. The van der Waals surface area contributed by atoms with Crippen LogP contribution in [0.2, 0.25) is 0 Å². The maximum atomic E-state index is 11.9. The number of carbonyl (C=O) groups excluding carboxylic acids is 1. The van der Waals surface area contributed by atoms with Crippen LogP contribution < -0.4 is 15.5 Å². The number of anilines is 1. The summed E-state index contributed by atoms with van der Waals surface area (Å²) < 4.78 is 0. The first-order valence-corrected chi connectivity index (χ1v) is 9.43. The summed E-state index contributed by atoms with van der Waals surface area (Å²) in [5, 5.41) is 9.29. The topological polar surface area (TPSA) is 57.3 Å². The Labute approximate surface area is 136 Å². The van der Waals surface area contributed by atoms with Crippen molar-refractivity contribution in [1.29, 1.82) is 0 Å². The molecule has 1 aromatic heterocycles. The number of urea groups is 1. The van der Waals surface area contributed by atoms with Crippen molar-refractivity contribution in [1.82, 2.24) is 15.6 Å². The summed E-state index contributed by atoms with van der Waals surface area (Å²) in [4.78, 5) is 18.9. The predicted octanol–water partition coefficient (Wildman–Crippen LogP) is 2.92.